The summed E-state index contributed by atoms with van der Waals surface area (Å²) in [4.78, 5) is 21.4. The van der Waals surface area contributed by atoms with Crippen LogP contribution in [0.1, 0.15) is 21.5 Å². The smallest absolute Gasteiger partial charge is 0.338 e. The molecule has 17 heavy (non-hydrogen) atoms. The lowest BCUT2D eigenvalue weighted by Gasteiger charge is -2.07. The number of carbonyl (C=O) groups is 1. The number of esters is 1. The number of carbonyl (C=O) groups excluding carboxylic acids is 1. The molecule has 1 aromatic rings. The molecule has 7 heteroatoms. The van der Waals surface area contributed by atoms with Crippen LogP contribution in [0.2, 0.25) is 0 Å². The van der Waals surface area contributed by atoms with Gasteiger partial charge in [-0.2, -0.15) is 5.26 Å². The first kappa shape index (κ1) is 12.6. The number of nitriles is 1. The number of hydrogen-bond donors (Lipinski definition) is 1. The summed E-state index contributed by atoms with van der Waals surface area (Å²) < 4.78 is 4.50. The molecule has 0 aliphatic heterocycles. The number of hydrogen-bond acceptors (Lipinski definition) is 6. The third kappa shape index (κ3) is 2.21. The number of rotatable bonds is 3. The summed E-state index contributed by atoms with van der Waals surface area (Å²) in [5.41, 5.74) is 5.01. The quantitative estimate of drug-likeness (QED) is 0.468. The van der Waals surface area contributed by atoms with Crippen LogP contribution in [-0.2, 0) is 11.3 Å². The van der Waals surface area contributed by atoms with Crippen molar-refractivity contribution < 1.29 is 14.5 Å². The van der Waals surface area contributed by atoms with Crippen molar-refractivity contribution in [1.29, 1.82) is 5.26 Å². The van der Waals surface area contributed by atoms with Crippen LogP contribution in [-0.4, -0.2) is 18.0 Å². The van der Waals surface area contributed by atoms with Crippen molar-refractivity contribution in [2.45, 2.75) is 6.54 Å². The Morgan fingerprint density at radius 2 is 2.29 bits per heavy atom. The van der Waals surface area contributed by atoms with E-state index in [1.165, 1.54) is 13.2 Å². The first-order valence-electron chi connectivity index (χ1n) is 4.55. The molecule has 0 heterocycles. The van der Waals surface area contributed by atoms with Gasteiger partial charge < -0.3 is 10.5 Å². The SMILES string of the molecule is COC(=O)c1ccc([N+](=O)[O-])c(C#N)c1CN. The van der Waals surface area contributed by atoms with E-state index in [9.17, 15) is 14.9 Å². The number of nitrogens with two attached hydrogens (primary N) is 1. The van der Waals surface area contributed by atoms with Crippen molar-refractivity contribution in [3.05, 3.63) is 38.9 Å². The van der Waals surface area contributed by atoms with E-state index in [1.807, 2.05) is 0 Å². The molecule has 0 aliphatic carbocycles. The molecule has 0 atom stereocenters. The van der Waals surface area contributed by atoms with Gasteiger partial charge in [0.05, 0.1) is 17.6 Å². The maximum absolute atomic E-state index is 11.4. The van der Waals surface area contributed by atoms with E-state index in [0.29, 0.717) is 0 Å². The highest BCUT2D eigenvalue weighted by molar-refractivity contribution is 5.92. The zero-order valence-electron chi connectivity index (χ0n) is 8.97. The second-order valence-electron chi connectivity index (χ2n) is 3.05. The molecule has 1 aromatic carbocycles. The Labute approximate surface area is 96.6 Å². The average molecular weight is 235 g/mol. The molecule has 0 saturated carbocycles. The van der Waals surface area contributed by atoms with Crippen molar-refractivity contribution in [2.24, 2.45) is 5.73 Å². The van der Waals surface area contributed by atoms with E-state index in [1.54, 1.807) is 6.07 Å². The molecule has 0 fully saturated rings. The van der Waals surface area contributed by atoms with Crippen LogP contribution in [0.5, 0.6) is 0 Å². The van der Waals surface area contributed by atoms with Gasteiger partial charge in [-0.3, -0.25) is 10.1 Å². The van der Waals surface area contributed by atoms with Gasteiger partial charge in [0.1, 0.15) is 11.6 Å². The van der Waals surface area contributed by atoms with Gasteiger partial charge in [0.2, 0.25) is 0 Å². The minimum atomic E-state index is -0.696. The molecule has 0 spiro atoms. The molecule has 7 nitrogen and oxygen atoms in total. The molecule has 0 saturated heterocycles. The lowest BCUT2D eigenvalue weighted by molar-refractivity contribution is -0.385. The molecule has 0 bridgehead atoms. The largest absolute Gasteiger partial charge is 0.465 e. The van der Waals surface area contributed by atoms with Crippen LogP contribution in [0, 0.1) is 21.4 Å². The van der Waals surface area contributed by atoms with Crippen LogP contribution in [0.25, 0.3) is 0 Å². The second kappa shape index (κ2) is 5.05. The van der Waals surface area contributed by atoms with Gasteiger partial charge in [-0.1, -0.05) is 0 Å². The molecule has 2 N–H and O–H groups in total. The molecule has 0 aliphatic rings. The summed E-state index contributed by atoms with van der Waals surface area (Å²) in [7, 11) is 1.18. The summed E-state index contributed by atoms with van der Waals surface area (Å²) in [6, 6.07) is 4.00. The van der Waals surface area contributed by atoms with Crippen LogP contribution in [0.4, 0.5) is 5.69 Å². The van der Waals surface area contributed by atoms with Gasteiger partial charge in [0, 0.05) is 18.2 Å². The lowest BCUT2D eigenvalue weighted by atomic mass is 10.00. The molecule has 0 radical (unpaired) electrons. The fraction of sp³-hybridized carbons (Fsp3) is 0.200. The number of ether oxygens (including phenoxy) is 1. The van der Waals surface area contributed by atoms with Gasteiger partial charge in [-0.05, 0) is 6.07 Å². The summed E-state index contributed by atoms with van der Waals surface area (Å²) >= 11 is 0. The summed E-state index contributed by atoms with van der Waals surface area (Å²) in [6.45, 7) is -0.158. The Balaban J connectivity index is 3.55. The molecule has 0 unspecified atom stereocenters. The molecule has 0 amide bonds. The molecular weight excluding hydrogens is 226 g/mol. The highest BCUT2D eigenvalue weighted by atomic mass is 16.6. The normalized spacial score (nSPS) is 9.47. The van der Waals surface area contributed by atoms with Crippen LogP contribution < -0.4 is 5.73 Å². The lowest BCUT2D eigenvalue weighted by Crippen LogP contribution is -2.12. The standard InChI is InChI=1S/C10H9N3O4/c1-17-10(14)6-2-3-9(13(15)16)8(5-12)7(6)4-11/h2-3H,4,11H2,1H3. The number of nitro groups is 1. The van der Waals surface area contributed by atoms with E-state index in [0.717, 1.165) is 6.07 Å². The van der Waals surface area contributed by atoms with E-state index in [-0.39, 0.29) is 28.9 Å². The molecule has 88 valence electrons. The van der Waals surface area contributed by atoms with Gasteiger partial charge in [0.15, 0.2) is 0 Å². The van der Waals surface area contributed by atoms with E-state index in [2.05, 4.69) is 4.74 Å². The molecule has 0 aromatic heterocycles. The van der Waals surface area contributed by atoms with Crippen molar-refractivity contribution in [2.75, 3.05) is 7.11 Å². The summed E-state index contributed by atoms with van der Waals surface area (Å²) in [5, 5.41) is 19.6. The second-order valence-corrected chi connectivity index (χ2v) is 3.05. The highest BCUT2D eigenvalue weighted by Gasteiger charge is 2.23. The van der Waals surface area contributed by atoms with Crippen LogP contribution in [0.15, 0.2) is 12.1 Å². The summed E-state index contributed by atoms with van der Waals surface area (Å²) in [5.74, 6) is -0.683. The Morgan fingerprint density at radius 1 is 1.65 bits per heavy atom. The Morgan fingerprint density at radius 3 is 2.71 bits per heavy atom. The number of nitro benzene ring substituents is 1. The van der Waals surface area contributed by atoms with E-state index < -0.39 is 10.9 Å². The first-order valence-corrected chi connectivity index (χ1v) is 4.55. The maximum Gasteiger partial charge on any atom is 0.338 e. The zero-order chi connectivity index (χ0) is 13.0. The molecular formula is C10H9N3O4. The fourth-order valence-corrected chi connectivity index (χ4v) is 1.43. The van der Waals surface area contributed by atoms with Crippen LogP contribution >= 0.6 is 0 Å². The average Bonchev–Trinajstić information content (AvgIpc) is 2.35. The Bertz CT molecular complexity index is 519. The maximum atomic E-state index is 11.4. The third-order valence-electron chi connectivity index (χ3n) is 2.21. The van der Waals surface area contributed by atoms with E-state index >= 15 is 0 Å². The zero-order valence-corrected chi connectivity index (χ0v) is 8.97. The topological polar surface area (TPSA) is 119 Å². The monoisotopic (exact) mass is 235 g/mol. The third-order valence-corrected chi connectivity index (χ3v) is 2.21. The minimum Gasteiger partial charge on any atom is -0.465 e. The highest BCUT2D eigenvalue weighted by Crippen LogP contribution is 2.25. The van der Waals surface area contributed by atoms with Gasteiger partial charge in [-0.15, -0.1) is 0 Å². The summed E-state index contributed by atoms with van der Waals surface area (Å²) in [6.07, 6.45) is 0. The minimum absolute atomic E-state index is 0.0668. The predicted octanol–water partition coefficient (Wildman–Crippen LogP) is 0.712. The van der Waals surface area contributed by atoms with Crippen LogP contribution in [0.3, 0.4) is 0 Å². The number of benzene rings is 1. The number of nitrogens with zero attached hydrogens (tertiary/aromatic N) is 2. The van der Waals surface area contributed by atoms with Gasteiger partial charge >= 0.3 is 5.97 Å². The Kier molecular flexibility index (Phi) is 3.74. The molecule has 1 rings (SSSR count). The van der Waals surface area contributed by atoms with Gasteiger partial charge in [0.25, 0.3) is 5.69 Å². The first-order chi connectivity index (χ1) is 8.06. The predicted molar refractivity (Wildman–Crippen MR) is 57.0 cm³/mol. The van der Waals surface area contributed by atoms with Crippen molar-refractivity contribution >= 4 is 11.7 Å². The van der Waals surface area contributed by atoms with Crippen molar-refractivity contribution in [3.63, 3.8) is 0 Å². The van der Waals surface area contributed by atoms with E-state index in [4.69, 9.17) is 11.0 Å². The Hall–Kier alpha value is -2.46. The van der Waals surface area contributed by atoms with Crippen molar-refractivity contribution in [3.8, 4) is 6.07 Å². The van der Waals surface area contributed by atoms with Gasteiger partial charge in [-0.25, -0.2) is 4.79 Å². The van der Waals surface area contributed by atoms with Crippen molar-refractivity contribution in [1.82, 2.24) is 0 Å². The fourth-order valence-electron chi connectivity index (χ4n) is 1.43. The number of methoxy groups -OCH3 is 1.